The van der Waals surface area contributed by atoms with Crippen molar-refractivity contribution in [3.05, 3.63) is 65.5 Å². The fraction of sp³-hybridized carbons (Fsp3) is 0.125. The van der Waals surface area contributed by atoms with Crippen LogP contribution in [-0.4, -0.2) is 29.9 Å². The van der Waals surface area contributed by atoms with Crippen LogP contribution in [0.25, 0.3) is 12.2 Å². The van der Waals surface area contributed by atoms with E-state index in [4.69, 9.17) is 0 Å². The summed E-state index contributed by atoms with van der Waals surface area (Å²) in [6.07, 6.45) is 5.53. The summed E-state index contributed by atoms with van der Waals surface area (Å²) >= 11 is 0. The topological polar surface area (TPSA) is 33.2 Å². The lowest BCUT2D eigenvalue weighted by molar-refractivity contribution is 0.0827. The summed E-state index contributed by atoms with van der Waals surface area (Å²) in [5, 5.41) is 0. The minimum atomic E-state index is -0.0360. The molecule has 0 atom stereocenters. The van der Waals surface area contributed by atoms with Gasteiger partial charge in [0.15, 0.2) is 0 Å². The summed E-state index contributed by atoms with van der Waals surface area (Å²) in [7, 11) is 3.46. The molecule has 3 nitrogen and oxygen atoms in total. The Morgan fingerprint density at radius 2 is 1.79 bits per heavy atom. The second-order valence-electron chi connectivity index (χ2n) is 4.42. The summed E-state index contributed by atoms with van der Waals surface area (Å²) in [6, 6.07) is 13.7. The second-order valence-corrected chi connectivity index (χ2v) is 4.42. The zero-order valence-corrected chi connectivity index (χ0v) is 11.1. The van der Waals surface area contributed by atoms with Gasteiger partial charge in [0.1, 0.15) is 0 Å². The van der Waals surface area contributed by atoms with Crippen molar-refractivity contribution in [3.8, 4) is 0 Å². The fourth-order valence-electron chi connectivity index (χ4n) is 1.63. The molecule has 96 valence electrons. The zero-order valence-electron chi connectivity index (χ0n) is 11.1. The van der Waals surface area contributed by atoms with Crippen LogP contribution in [-0.2, 0) is 0 Å². The van der Waals surface area contributed by atoms with Crippen molar-refractivity contribution in [2.75, 3.05) is 14.1 Å². The van der Waals surface area contributed by atoms with Gasteiger partial charge in [-0.05, 0) is 23.8 Å². The predicted molar refractivity (Wildman–Crippen MR) is 77.6 cm³/mol. The molecule has 0 radical (unpaired) electrons. The second kappa shape index (κ2) is 5.96. The van der Waals surface area contributed by atoms with Crippen LogP contribution >= 0.6 is 0 Å². The Bertz CT molecular complexity index is 571. The molecule has 0 saturated heterocycles. The van der Waals surface area contributed by atoms with Gasteiger partial charge >= 0.3 is 0 Å². The van der Waals surface area contributed by atoms with Gasteiger partial charge in [0.25, 0.3) is 5.91 Å². The van der Waals surface area contributed by atoms with Crippen LogP contribution in [0.15, 0.2) is 48.7 Å². The summed E-state index contributed by atoms with van der Waals surface area (Å²) in [5.74, 6) is -0.0360. The van der Waals surface area contributed by atoms with Crippen LogP contribution in [0.1, 0.15) is 21.6 Å². The highest BCUT2D eigenvalue weighted by Crippen LogP contribution is 2.08. The normalized spacial score (nSPS) is 10.6. The van der Waals surface area contributed by atoms with Gasteiger partial charge in [0.05, 0.1) is 11.3 Å². The Balaban J connectivity index is 2.11. The first-order valence-corrected chi connectivity index (χ1v) is 6.07. The van der Waals surface area contributed by atoms with Crippen LogP contribution in [0.5, 0.6) is 0 Å². The van der Waals surface area contributed by atoms with Crippen LogP contribution in [0.4, 0.5) is 0 Å². The van der Waals surface area contributed by atoms with E-state index in [1.165, 1.54) is 4.90 Å². The van der Waals surface area contributed by atoms with Crippen molar-refractivity contribution >= 4 is 18.1 Å². The number of hydrogen-bond donors (Lipinski definition) is 0. The molecule has 1 aromatic carbocycles. The number of aromatic nitrogens is 1. The van der Waals surface area contributed by atoms with E-state index in [9.17, 15) is 4.79 Å². The SMILES string of the molecule is CN(C)C(=O)c1ccc(/C=C/c2ccccc2)nc1. The molecule has 3 heteroatoms. The number of carbonyl (C=O) groups excluding carboxylic acids is 1. The Morgan fingerprint density at radius 3 is 2.37 bits per heavy atom. The van der Waals surface area contributed by atoms with E-state index in [1.54, 1.807) is 26.4 Å². The molecule has 0 bridgehead atoms. The quantitative estimate of drug-likeness (QED) is 0.841. The van der Waals surface area contributed by atoms with E-state index in [-0.39, 0.29) is 5.91 Å². The lowest BCUT2D eigenvalue weighted by Crippen LogP contribution is -2.21. The molecule has 2 rings (SSSR count). The number of hydrogen-bond acceptors (Lipinski definition) is 2. The third-order valence-corrected chi connectivity index (χ3v) is 2.69. The molecule has 0 unspecified atom stereocenters. The Kier molecular flexibility index (Phi) is 4.08. The van der Waals surface area contributed by atoms with Gasteiger partial charge in [0.2, 0.25) is 0 Å². The number of benzene rings is 1. The third kappa shape index (κ3) is 3.52. The summed E-state index contributed by atoms with van der Waals surface area (Å²) < 4.78 is 0. The minimum absolute atomic E-state index is 0.0360. The van der Waals surface area contributed by atoms with Crippen LogP contribution in [0, 0.1) is 0 Å². The molecule has 0 fully saturated rings. The summed E-state index contributed by atoms with van der Waals surface area (Å²) in [6.45, 7) is 0. The van der Waals surface area contributed by atoms with Crippen molar-refractivity contribution < 1.29 is 4.79 Å². The summed E-state index contributed by atoms with van der Waals surface area (Å²) in [4.78, 5) is 17.5. The number of carbonyl (C=O) groups is 1. The molecule has 0 spiro atoms. The molecule has 1 aromatic heterocycles. The predicted octanol–water partition coefficient (Wildman–Crippen LogP) is 2.95. The van der Waals surface area contributed by atoms with E-state index in [0.717, 1.165) is 11.3 Å². The highest BCUT2D eigenvalue weighted by atomic mass is 16.2. The first-order valence-electron chi connectivity index (χ1n) is 6.07. The molecule has 19 heavy (non-hydrogen) atoms. The van der Waals surface area contributed by atoms with Gasteiger partial charge in [-0.2, -0.15) is 0 Å². The maximum atomic E-state index is 11.7. The Hall–Kier alpha value is -2.42. The van der Waals surface area contributed by atoms with Gasteiger partial charge in [-0.3, -0.25) is 9.78 Å². The highest BCUT2D eigenvalue weighted by molar-refractivity contribution is 5.93. The molecule has 1 heterocycles. The number of pyridine rings is 1. The third-order valence-electron chi connectivity index (χ3n) is 2.69. The molecule has 0 saturated carbocycles. The van der Waals surface area contributed by atoms with Gasteiger partial charge < -0.3 is 4.90 Å². The van der Waals surface area contributed by atoms with E-state index in [1.807, 2.05) is 48.6 Å². The molecule has 0 N–H and O–H groups in total. The van der Waals surface area contributed by atoms with Gasteiger partial charge in [0, 0.05) is 20.3 Å². The molecule has 0 aliphatic carbocycles. The molecule has 1 amide bonds. The standard InChI is InChI=1S/C16H16N2O/c1-18(2)16(19)14-9-11-15(17-12-14)10-8-13-6-4-3-5-7-13/h3-12H,1-2H3/b10-8+. The van der Waals surface area contributed by atoms with Crippen molar-refractivity contribution in [1.82, 2.24) is 9.88 Å². The molecule has 0 aliphatic heterocycles. The van der Waals surface area contributed by atoms with Crippen molar-refractivity contribution in [2.24, 2.45) is 0 Å². The average Bonchev–Trinajstić information content (AvgIpc) is 2.46. The largest absolute Gasteiger partial charge is 0.345 e. The van der Waals surface area contributed by atoms with Crippen LogP contribution in [0.3, 0.4) is 0 Å². The fourth-order valence-corrected chi connectivity index (χ4v) is 1.63. The Labute approximate surface area is 113 Å². The van der Waals surface area contributed by atoms with Gasteiger partial charge in [-0.15, -0.1) is 0 Å². The number of rotatable bonds is 3. The van der Waals surface area contributed by atoms with Crippen molar-refractivity contribution in [3.63, 3.8) is 0 Å². The zero-order chi connectivity index (χ0) is 13.7. The van der Waals surface area contributed by atoms with E-state index in [0.29, 0.717) is 5.56 Å². The van der Waals surface area contributed by atoms with E-state index >= 15 is 0 Å². The highest BCUT2D eigenvalue weighted by Gasteiger charge is 2.07. The Morgan fingerprint density at radius 1 is 1.05 bits per heavy atom. The molecule has 2 aromatic rings. The maximum Gasteiger partial charge on any atom is 0.254 e. The van der Waals surface area contributed by atoms with Gasteiger partial charge in [-0.25, -0.2) is 0 Å². The molecular formula is C16H16N2O. The van der Waals surface area contributed by atoms with E-state index in [2.05, 4.69) is 4.98 Å². The summed E-state index contributed by atoms with van der Waals surface area (Å²) in [5.41, 5.74) is 2.55. The minimum Gasteiger partial charge on any atom is -0.345 e. The first kappa shape index (κ1) is 13.0. The van der Waals surface area contributed by atoms with Crippen LogP contribution in [0.2, 0.25) is 0 Å². The maximum absolute atomic E-state index is 11.7. The van der Waals surface area contributed by atoms with Gasteiger partial charge in [-0.1, -0.05) is 36.4 Å². The average molecular weight is 252 g/mol. The van der Waals surface area contributed by atoms with Crippen molar-refractivity contribution in [2.45, 2.75) is 0 Å². The van der Waals surface area contributed by atoms with Crippen LogP contribution < -0.4 is 0 Å². The molecular weight excluding hydrogens is 236 g/mol. The smallest absolute Gasteiger partial charge is 0.254 e. The monoisotopic (exact) mass is 252 g/mol. The number of amides is 1. The molecule has 0 aliphatic rings. The van der Waals surface area contributed by atoms with Crippen molar-refractivity contribution in [1.29, 1.82) is 0 Å². The number of nitrogens with zero attached hydrogens (tertiary/aromatic N) is 2. The first-order chi connectivity index (χ1) is 9.16. The lowest BCUT2D eigenvalue weighted by atomic mass is 10.2. The van der Waals surface area contributed by atoms with E-state index < -0.39 is 0 Å². The lowest BCUT2D eigenvalue weighted by Gasteiger charge is -2.09.